The number of hydrogen-bond donors (Lipinski definition) is 2. The van der Waals surface area contributed by atoms with Crippen molar-refractivity contribution in [3.05, 3.63) is 48.2 Å². The number of aliphatic imine (C=N–C) groups is 1. The van der Waals surface area contributed by atoms with Crippen molar-refractivity contribution in [1.82, 2.24) is 15.2 Å². The highest BCUT2D eigenvalue weighted by molar-refractivity contribution is 5.80. The lowest BCUT2D eigenvalue weighted by molar-refractivity contribution is 0.369. The molecule has 7 heteroatoms. The van der Waals surface area contributed by atoms with Gasteiger partial charge in [0.2, 0.25) is 0 Å². The van der Waals surface area contributed by atoms with E-state index in [1.807, 2.05) is 31.4 Å². The Morgan fingerprint density at radius 2 is 1.83 bits per heavy atom. The first-order chi connectivity index (χ1) is 14.2. The predicted molar refractivity (Wildman–Crippen MR) is 120 cm³/mol. The summed E-state index contributed by atoms with van der Waals surface area (Å²) in [5.74, 6) is 2.25. The maximum absolute atomic E-state index is 10.1. The third kappa shape index (κ3) is 5.10. The van der Waals surface area contributed by atoms with Crippen LogP contribution in [0.4, 0.5) is 11.5 Å². The number of benzene rings is 1. The topological polar surface area (TPSA) is 67.2 Å². The van der Waals surface area contributed by atoms with Crippen LogP contribution in [0.2, 0.25) is 0 Å². The Morgan fingerprint density at radius 1 is 1.10 bits per heavy atom. The summed E-state index contributed by atoms with van der Waals surface area (Å²) in [4.78, 5) is 15.8. The zero-order valence-corrected chi connectivity index (χ0v) is 17.7. The average Bonchev–Trinajstić information content (AvgIpc) is 2.77. The van der Waals surface area contributed by atoms with Gasteiger partial charge in [-0.1, -0.05) is 18.2 Å². The Kier molecular flexibility index (Phi) is 7.16. The molecule has 2 aromatic rings. The Morgan fingerprint density at radius 3 is 2.41 bits per heavy atom. The standard InChI is InChI=1S/C22H32N6O/c1-4-26(5-2)21-11-10-18(16-24-21)17-25-22(23-3)28-14-12-27(13-15-28)19-8-6-7-9-20(19)29/h6-11,16,29H,4-5,12-15,17H2,1-3H3,(H,23,25). The number of para-hydroxylation sites is 2. The van der Waals surface area contributed by atoms with Gasteiger partial charge in [0.25, 0.3) is 0 Å². The van der Waals surface area contributed by atoms with Gasteiger partial charge in [-0.2, -0.15) is 0 Å². The molecule has 7 nitrogen and oxygen atoms in total. The molecule has 1 aromatic carbocycles. The fraction of sp³-hybridized carbons (Fsp3) is 0.455. The summed E-state index contributed by atoms with van der Waals surface area (Å²) >= 11 is 0. The lowest BCUT2D eigenvalue weighted by atomic mass is 10.2. The van der Waals surface area contributed by atoms with Crippen LogP contribution in [0.25, 0.3) is 0 Å². The van der Waals surface area contributed by atoms with Gasteiger partial charge in [0.1, 0.15) is 11.6 Å². The van der Waals surface area contributed by atoms with Gasteiger partial charge in [-0.25, -0.2) is 4.98 Å². The molecule has 0 unspecified atom stereocenters. The molecule has 1 aliphatic heterocycles. The van der Waals surface area contributed by atoms with E-state index in [1.165, 1.54) is 0 Å². The predicted octanol–water partition coefficient (Wildman–Crippen LogP) is 2.53. The van der Waals surface area contributed by atoms with Crippen molar-refractivity contribution in [3.8, 4) is 5.75 Å². The molecule has 0 amide bonds. The molecule has 0 aliphatic carbocycles. The van der Waals surface area contributed by atoms with Crippen LogP contribution in [0.5, 0.6) is 5.75 Å². The van der Waals surface area contributed by atoms with E-state index in [4.69, 9.17) is 0 Å². The molecule has 1 aliphatic rings. The molecule has 0 atom stereocenters. The molecule has 1 fully saturated rings. The Balaban J connectivity index is 1.53. The van der Waals surface area contributed by atoms with Gasteiger partial charge in [0.15, 0.2) is 5.96 Å². The van der Waals surface area contributed by atoms with Gasteiger partial charge >= 0.3 is 0 Å². The molecule has 0 bridgehead atoms. The second kappa shape index (κ2) is 10.0. The van der Waals surface area contributed by atoms with Crippen molar-refractivity contribution in [2.24, 2.45) is 4.99 Å². The molecule has 0 spiro atoms. The van der Waals surface area contributed by atoms with Crippen LogP contribution < -0.4 is 15.1 Å². The first-order valence-corrected chi connectivity index (χ1v) is 10.3. The maximum atomic E-state index is 10.1. The van der Waals surface area contributed by atoms with Crippen LogP contribution >= 0.6 is 0 Å². The van der Waals surface area contributed by atoms with Crippen LogP contribution in [0.3, 0.4) is 0 Å². The Hall–Kier alpha value is -2.96. The number of guanidine groups is 1. The number of hydrogen-bond acceptors (Lipinski definition) is 5. The number of rotatable bonds is 6. The first kappa shape index (κ1) is 20.8. The number of aromatic hydroxyl groups is 1. The molecule has 3 rings (SSSR count). The molecule has 1 saturated heterocycles. The van der Waals surface area contributed by atoms with E-state index in [-0.39, 0.29) is 0 Å². The normalized spacial score (nSPS) is 14.8. The van der Waals surface area contributed by atoms with Gasteiger partial charge < -0.3 is 25.1 Å². The summed E-state index contributed by atoms with van der Waals surface area (Å²) in [5.41, 5.74) is 2.03. The number of anilines is 2. The largest absolute Gasteiger partial charge is 0.506 e. The lowest BCUT2D eigenvalue weighted by Gasteiger charge is -2.37. The fourth-order valence-electron chi connectivity index (χ4n) is 3.66. The van der Waals surface area contributed by atoms with Crippen molar-refractivity contribution < 1.29 is 5.11 Å². The van der Waals surface area contributed by atoms with E-state index in [1.54, 1.807) is 6.07 Å². The van der Waals surface area contributed by atoms with Crippen LogP contribution in [0, 0.1) is 0 Å². The number of nitrogens with zero attached hydrogens (tertiary/aromatic N) is 5. The van der Waals surface area contributed by atoms with E-state index in [9.17, 15) is 5.11 Å². The highest BCUT2D eigenvalue weighted by Gasteiger charge is 2.21. The molecule has 1 aromatic heterocycles. The van der Waals surface area contributed by atoms with Gasteiger partial charge in [-0.3, -0.25) is 4.99 Å². The van der Waals surface area contributed by atoms with Crippen LogP contribution in [0.1, 0.15) is 19.4 Å². The first-order valence-electron chi connectivity index (χ1n) is 10.3. The number of pyridine rings is 1. The SMILES string of the molecule is CCN(CC)c1ccc(CNC(=NC)N2CCN(c3ccccc3O)CC2)cn1. The summed E-state index contributed by atoms with van der Waals surface area (Å²) in [6.07, 6.45) is 1.93. The van der Waals surface area contributed by atoms with E-state index in [2.05, 4.69) is 56.0 Å². The minimum Gasteiger partial charge on any atom is -0.506 e. The smallest absolute Gasteiger partial charge is 0.194 e. The molecular weight excluding hydrogens is 364 g/mol. The molecule has 0 radical (unpaired) electrons. The molecular formula is C22H32N6O. The number of nitrogens with one attached hydrogen (secondary N) is 1. The minimum atomic E-state index is 0.337. The molecule has 2 heterocycles. The quantitative estimate of drug-likeness (QED) is 0.578. The summed E-state index contributed by atoms with van der Waals surface area (Å²) in [6.45, 7) is 10.3. The van der Waals surface area contributed by atoms with E-state index in [0.29, 0.717) is 12.3 Å². The zero-order valence-electron chi connectivity index (χ0n) is 17.7. The van der Waals surface area contributed by atoms with Crippen LogP contribution in [-0.2, 0) is 6.54 Å². The molecule has 0 saturated carbocycles. The van der Waals surface area contributed by atoms with E-state index >= 15 is 0 Å². The average molecular weight is 397 g/mol. The van der Waals surface area contributed by atoms with Crippen molar-refractivity contribution in [2.45, 2.75) is 20.4 Å². The molecule has 156 valence electrons. The minimum absolute atomic E-state index is 0.337. The Labute approximate surface area is 173 Å². The number of piperazine rings is 1. The van der Waals surface area contributed by atoms with Crippen molar-refractivity contribution in [2.75, 3.05) is 56.1 Å². The maximum Gasteiger partial charge on any atom is 0.194 e. The van der Waals surface area contributed by atoms with Crippen LogP contribution in [-0.4, -0.2) is 67.3 Å². The van der Waals surface area contributed by atoms with Gasteiger partial charge in [-0.05, 0) is 37.6 Å². The second-order valence-corrected chi connectivity index (χ2v) is 7.06. The summed E-state index contributed by atoms with van der Waals surface area (Å²) in [5, 5.41) is 13.5. The summed E-state index contributed by atoms with van der Waals surface area (Å²) in [7, 11) is 1.82. The van der Waals surface area contributed by atoms with Crippen molar-refractivity contribution in [3.63, 3.8) is 0 Å². The molecule has 29 heavy (non-hydrogen) atoms. The van der Waals surface area contributed by atoms with Crippen LogP contribution in [0.15, 0.2) is 47.6 Å². The highest BCUT2D eigenvalue weighted by Crippen LogP contribution is 2.27. The Bertz CT molecular complexity index is 795. The van der Waals surface area contributed by atoms with Gasteiger partial charge in [0.05, 0.1) is 5.69 Å². The fourth-order valence-corrected chi connectivity index (χ4v) is 3.66. The monoisotopic (exact) mass is 396 g/mol. The van der Waals surface area contributed by atoms with Crippen molar-refractivity contribution in [1.29, 1.82) is 0 Å². The van der Waals surface area contributed by atoms with Gasteiger partial charge in [-0.15, -0.1) is 0 Å². The highest BCUT2D eigenvalue weighted by atomic mass is 16.3. The number of phenols is 1. The third-order valence-electron chi connectivity index (χ3n) is 5.36. The number of aromatic nitrogens is 1. The summed E-state index contributed by atoms with van der Waals surface area (Å²) in [6, 6.07) is 11.7. The van der Waals surface area contributed by atoms with Crippen molar-refractivity contribution >= 4 is 17.5 Å². The summed E-state index contributed by atoms with van der Waals surface area (Å²) < 4.78 is 0. The van der Waals surface area contributed by atoms with Gasteiger partial charge in [0, 0.05) is 59.1 Å². The van der Waals surface area contributed by atoms with E-state index < -0.39 is 0 Å². The van der Waals surface area contributed by atoms with E-state index in [0.717, 1.165) is 62.3 Å². The lowest BCUT2D eigenvalue weighted by Crippen LogP contribution is -2.52. The second-order valence-electron chi connectivity index (χ2n) is 7.06. The number of phenolic OH excluding ortho intramolecular Hbond substituents is 1. The third-order valence-corrected chi connectivity index (χ3v) is 5.36. The molecule has 2 N–H and O–H groups in total. The zero-order chi connectivity index (χ0) is 20.6.